The third-order valence-electron chi connectivity index (χ3n) is 1.05. The van der Waals surface area contributed by atoms with E-state index < -0.39 is 46.9 Å². The Morgan fingerprint density at radius 1 is 0.727 bits per heavy atom. The molecule has 14 heteroatoms. The van der Waals surface area contributed by atoms with Crippen molar-refractivity contribution in [2.75, 3.05) is 23.0 Å². The molecule has 8 nitrogen and oxygen atoms in total. The summed E-state index contributed by atoms with van der Waals surface area (Å²) in [5.74, 6) is -4.03. The van der Waals surface area contributed by atoms with E-state index in [9.17, 15) is 24.3 Å². The van der Waals surface area contributed by atoms with Crippen LogP contribution in [0.1, 0.15) is 0 Å². The minimum atomic E-state index is -3.82. The number of thiol groups is 4. The number of aliphatic carboxylic acids is 1. The average Bonchev–Trinajstić information content (AvgIpc) is 2.46. The molecule has 0 amide bonds. The minimum absolute atomic E-state index is 0. The summed E-state index contributed by atoms with van der Waals surface area (Å²) in [6, 6.07) is 0. The van der Waals surface area contributed by atoms with E-state index in [-0.39, 0.29) is 52.6 Å². The third-order valence-corrected chi connectivity index (χ3v) is 6.19. The van der Waals surface area contributed by atoms with E-state index in [4.69, 9.17) is 0 Å². The van der Waals surface area contributed by atoms with Crippen LogP contribution in [0.4, 0.5) is 0 Å². The molecule has 0 aliphatic rings. The van der Waals surface area contributed by atoms with Crippen molar-refractivity contribution in [3.63, 3.8) is 0 Å². The molecule has 0 unspecified atom stereocenters. The first kappa shape index (κ1) is 28.0. The van der Waals surface area contributed by atoms with Crippen molar-refractivity contribution < 1.29 is 62.3 Å². The standard InChI is InChI=1S/4C2H4O2S.Bi.Na/c4*3-2(4)1-5;;/h4*5H,1H2,(H,3,4);;/q;;;;+3;+1/p-4. The molecule has 22 heavy (non-hydrogen) atoms. The van der Waals surface area contributed by atoms with E-state index in [0.29, 0.717) is 0 Å². The number of carbonyl (C=O) groups is 4. The minimum Gasteiger partial charge on any atom is -0.549 e. The maximum atomic E-state index is 10.9. The summed E-state index contributed by atoms with van der Waals surface area (Å²) in [5, 5.41) is 9.18. The quantitative estimate of drug-likeness (QED) is 0.171. The zero-order valence-electron chi connectivity index (χ0n) is 11.3. The molecule has 0 aliphatic carbocycles. The molecule has 0 saturated heterocycles. The number of hydrogen-bond donors (Lipinski definition) is 4. The van der Waals surface area contributed by atoms with Gasteiger partial charge in [0.25, 0.3) is 0 Å². The Morgan fingerprint density at radius 3 is 1.09 bits per heavy atom. The number of rotatable bonds is 7. The van der Waals surface area contributed by atoms with Crippen LogP contribution in [0.25, 0.3) is 0 Å². The van der Waals surface area contributed by atoms with Crippen LogP contribution in [-0.4, -0.2) is 70.0 Å². The maximum Gasteiger partial charge on any atom is 1.00 e. The van der Waals surface area contributed by atoms with Gasteiger partial charge in [0, 0.05) is 5.75 Å². The first-order chi connectivity index (χ1) is 9.80. The molecule has 122 valence electrons. The molecule has 0 fully saturated rings. The fourth-order valence-corrected chi connectivity index (χ4v) is 4.96. The van der Waals surface area contributed by atoms with Crippen LogP contribution < -0.4 is 34.7 Å². The van der Waals surface area contributed by atoms with Crippen LogP contribution in [0.2, 0.25) is 0 Å². The molecular formula is C8H12BiNaO8S4. The van der Waals surface area contributed by atoms with Crippen molar-refractivity contribution in [3.05, 3.63) is 0 Å². The molecule has 0 rings (SSSR count). The van der Waals surface area contributed by atoms with Crippen molar-refractivity contribution in [1.29, 1.82) is 0 Å². The van der Waals surface area contributed by atoms with E-state index in [0.717, 1.165) is 0 Å². The SMILES string of the molecule is O=C(CS)[O][Bi]([O]C(=O)CS)[O]C(=O)CS.O=C([O-])CS.[Na+]. The molecule has 0 aromatic heterocycles. The summed E-state index contributed by atoms with van der Waals surface area (Å²) in [6.07, 6.45) is 0. The van der Waals surface area contributed by atoms with Crippen LogP contribution in [0, 0.1) is 0 Å². The first-order valence-electron chi connectivity index (χ1n) is 4.86. The second-order valence-corrected chi connectivity index (χ2v) is 7.75. The van der Waals surface area contributed by atoms with E-state index in [1.54, 1.807) is 0 Å². The van der Waals surface area contributed by atoms with E-state index in [1.165, 1.54) is 0 Å². The fourth-order valence-electron chi connectivity index (χ4n) is 0.392. The Balaban J connectivity index is -0.000000520. The number of carbonyl (C=O) groups excluding carboxylic acids is 4. The average molecular weight is 596 g/mol. The monoisotopic (exact) mass is 596 g/mol. The third kappa shape index (κ3) is 19.2. The Labute approximate surface area is 180 Å². The predicted octanol–water partition coefficient (Wildman–Crippen LogP) is -4.94. The van der Waals surface area contributed by atoms with E-state index >= 15 is 0 Å². The molecule has 0 aliphatic heterocycles. The molecule has 0 aromatic rings. The van der Waals surface area contributed by atoms with Gasteiger partial charge in [0.05, 0.1) is 5.97 Å². The zero-order valence-corrected chi connectivity index (χ0v) is 20.4. The molecular weight excluding hydrogens is 584 g/mol. The number of carboxylic acids is 1. The number of hydrogen-bond acceptors (Lipinski definition) is 12. The van der Waals surface area contributed by atoms with Gasteiger partial charge in [-0.05, 0) is 0 Å². The van der Waals surface area contributed by atoms with Crippen molar-refractivity contribution >= 4 is 97.5 Å². The molecule has 0 saturated carbocycles. The van der Waals surface area contributed by atoms with Crippen molar-refractivity contribution in [2.45, 2.75) is 0 Å². The largest absolute Gasteiger partial charge is 1.00 e. The summed E-state index contributed by atoms with van der Waals surface area (Å²) >= 11 is 10.5. The van der Waals surface area contributed by atoms with Crippen molar-refractivity contribution in [3.8, 4) is 0 Å². The van der Waals surface area contributed by atoms with Gasteiger partial charge in [-0.1, -0.05) is 0 Å². The van der Waals surface area contributed by atoms with Crippen molar-refractivity contribution in [1.82, 2.24) is 0 Å². The van der Waals surface area contributed by atoms with Gasteiger partial charge in [-0.15, -0.1) is 0 Å². The van der Waals surface area contributed by atoms with Gasteiger partial charge in [0.15, 0.2) is 0 Å². The first-order valence-corrected chi connectivity index (χ1v) is 11.6. The molecule has 0 spiro atoms. The molecule has 0 aromatic carbocycles. The Hall–Kier alpha value is 1.16. The molecule has 0 heterocycles. The summed E-state index contributed by atoms with van der Waals surface area (Å²) in [4.78, 5) is 41.9. The summed E-state index contributed by atoms with van der Waals surface area (Å²) in [5.41, 5.74) is 0. The van der Waals surface area contributed by atoms with Crippen LogP contribution in [0.15, 0.2) is 0 Å². The summed E-state index contributed by atoms with van der Waals surface area (Å²) in [7, 11) is 0. The maximum absolute atomic E-state index is 10.9. The Kier molecular flexibility index (Phi) is 23.5. The fraction of sp³-hybridized carbons (Fsp3) is 0.500. The van der Waals surface area contributed by atoms with Gasteiger partial charge in [0.2, 0.25) is 0 Å². The molecule has 0 radical (unpaired) electrons. The van der Waals surface area contributed by atoms with Crippen LogP contribution in [-0.2, 0) is 27.6 Å². The van der Waals surface area contributed by atoms with Crippen LogP contribution in [0.3, 0.4) is 0 Å². The molecule has 0 N–H and O–H groups in total. The van der Waals surface area contributed by atoms with Crippen LogP contribution in [0.5, 0.6) is 0 Å². The van der Waals surface area contributed by atoms with Gasteiger partial charge in [-0.25, -0.2) is 0 Å². The van der Waals surface area contributed by atoms with Gasteiger partial charge in [-0.3, -0.25) is 0 Å². The smallest absolute Gasteiger partial charge is 0.549 e. The second-order valence-electron chi connectivity index (χ2n) is 2.62. The van der Waals surface area contributed by atoms with Gasteiger partial charge in [0.1, 0.15) is 0 Å². The van der Waals surface area contributed by atoms with Crippen LogP contribution >= 0.6 is 50.5 Å². The Bertz CT molecular complexity index is 329. The summed E-state index contributed by atoms with van der Waals surface area (Å²) < 4.78 is 14.0. The Morgan fingerprint density at radius 2 is 0.955 bits per heavy atom. The number of carboxylic acid groups (broad SMARTS) is 1. The second kappa shape index (κ2) is 18.5. The molecule has 0 atom stereocenters. The van der Waals surface area contributed by atoms with Crippen molar-refractivity contribution in [2.24, 2.45) is 0 Å². The zero-order chi connectivity index (χ0) is 16.8. The predicted molar refractivity (Wildman–Crippen MR) is 84.4 cm³/mol. The van der Waals surface area contributed by atoms with Gasteiger partial charge in [-0.2, -0.15) is 12.6 Å². The van der Waals surface area contributed by atoms with Gasteiger partial charge < -0.3 is 9.90 Å². The van der Waals surface area contributed by atoms with E-state index in [1.807, 2.05) is 0 Å². The van der Waals surface area contributed by atoms with Gasteiger partial charge >= 0.3 is 149 Å². The topological polar surface area (TPSA) is 119 Å². The summed E-state index contributed by atoms with van der Waals surface area (Å²) in [6.45, 7) is 0. The normalized spacial score (nSPS) is 8.77. The van der Waals surface area contributed by atoms with E-state index in [2.05, 4.69) is 59.0 Å². The molecule has 0 bridgehead atoms.